The Bertz CT molecular complexity index is 407. The van der Waals surface area contributed by atoms with Crippen LogP contribution in [-0.4, -0.2) is 23.7 Å². The SMILES string of the molecule is CC[C@H](C)[C@H](N)C(=O)Nc1cccc(CCCO)c1. The Hall–Kier alpha value is -1.39. The van der Waals surface area contributed by atoms with Gasteiger partial charge in [0.2, 0.25) is 5.91 Å². The van der Waals surface area contributed by atoms with Gasteiger partial charge in [-0.15, -0.1) is 0 Å². The molecule has 0 saturated carbocycles. The number of nitrogens with one attached hydrogen (secondary N) is 1. The number of rotatable bonds is 7. The van der Waals surface area contributed by atoms with Gasteiger partial charge >= 0.3 is 0 Å². The van der Waals surface area contributed by atoms with Gasteiger partial charge in [-0.1, -0.05) is 32.4 Å². The molecule has 4 nitrogen and oxygen atoms in total. The van der Waals surface area contributed by atoms with Gasteiger partial charge in [-0.2, -0.15) is 0 Å². The van der Waals surface area contributed by atoms with Crippen LogP contribution in [0.4, 0.5) is 5.69 Å². The minimum atomic E-state index is -0.480. The molecule has 19 heavy (non-hydrogen) atoms. The first kappa shape index (κ1) is 15.7. The molecule has 0 aliphatic heterocycles. The molecule has 2 atom stereocenters. The summed E-state index contributed by atoms with van der Waals surface area (Å²) in [7, 11) is 0. The van der Waals surface area contributed by atoms with E-state index in [9.17, 15) is 4.79 Å². The fourth-order valence-electron chi connectivity index (χ4n) is 1.83. The van der Waals surface area contributed by atoms with Crippen LogP contribution in [0.15, 0.2) is 24.3 Å². The highest BCUT2D eigenvalue weighted by molar-refractivity contribution is 5.94. The quantitative estimate of drug-likeness (QED) is 0.704. The third-order valence-corrected chi connectivity index (χ3v) is 3.38. The van der Waals surface area contributed by atoms with E-state index in [1.165, 1.54) is 0 Å². The number of amides is 1. The Morgan fingerprint density at radius 3 is 2.84 bits per heavy atom. The van der Waals surface area contributed by atoms with Gasteiger partial charge in [0.15, 0.2) is 0 Å². The molecule has 0 radical (unpaired) electrons. The van der Waals surface area contributed by atoms with Crippen molar-refractivity contribution < 1.29 is 9.90 Å². The zero-order valence-electron chi connectivity index (χ0n) is 11.7. The number of benzene rings is 1. The van der Waals surface area contributed by atoms with E-state index in [1.807, 2.05) is 38.1 Å². The number of carbonyl (C=O) groups excluding carboxylic acids is 1. The number of aliphatic hydroxyl groups excluding tert-OH is 1. The topological polar surface area (TPSA) is 75.4 Å². The summed E-state index contributed by atoms with van der Waals surface area (Å²) < 4.78 is 0. The van der Waals surface area contributed by atoms with Crippen LogP contribution in [-0.2, 0) is 11.2 Å². The summed E-state index contributed by atoms with van der Waals surface area (Å²) in [6.07, 6.45) is 2.41. The highest BCUT2D eigenvalue weighted by Gasteiger charge is 2.19. The summed E-state index contributed by atoms with van der Waals surface area (Å²) in [6, 6.07) is 7.18. The second-order valence-corrected chi connectivity index (χ2v) is 4.93. The Labute approximate surface area is 115 Å². The first-order valence-electron chi connectivity index (χ1n) is 6.84. The van der Waals surface area contributed by atoms with Crippen molar-refractivity contribution in [3.05, 3.63) is 29.8 Å². The van der Waals surface area contributed by atoms with Crippen LogP contribution in [0, 0.1) is 5.92 Å². The minimum absolute atomic E-state index is 0.145. The zero-order valence-corrected chi connectivity index (χ0v) is 11.7. The fourth-order valence-corrected chi connectivity index (χ4v) is 1.83. The Kier molecular flexibility index (Phi) is 6.53. The van der Waals surface area contributed by atoms with Crippen molar-refractivity contribution in [2.24, 2.45) is 11.7 Å². The van der Waals surface area contributed by atoms with Crippen LogP contribution in [0.5, 0.6) is 0 Å². The third kappa shape index (κ3) is 5.01. The maximum absolute atomic E-state index is 12.0. The molecule has 1 aromatic carbocycles. The molecular weight excluding hydrogens is 240 g/mol. The van der Waals surface area contributed by atoms with E-state index in [1.54, 1.807) is 0 Å². The number of nitrogens with two attached hydrogens (primary N) is 1. The second kappa shape index (κ2) is 7.92. The van der Waals surface area contributed by atoms with Gasteiger partial charge in [0.25, 0.3) is 0 Å². The molecule has 0 bridgehead atoms. The standard InChI is InChI=1S/C15H24N2O2/c1-3-11(2)14(16)15(19)17-13-8-4-6-12(10-13)7-5-9-18/h4,6,8,10-11,14,18H,3,5,7,9,16H2,1-2H3,(H,17,19)/t11-,14-/m0/s1. The van der Waals surface area contributed by atoms with Crippen molar-refractivity contribution in [1.29, 1.82) is 0 Å². The van der Waals surface area contributed by atoms with Gasteiger partial charge in [-0.3, -0.25) is 4.79 Å². The van der Waals surface area contributed by atoms with E-state index in [0.29, 0.717) is 0 Å². The highest BCUT2D eigenvalue weighted by atomic mass is 16.2. The lowest BCUT2D eigenvalue weighted by Gasteiger charge is -2.18. The number of aliphatic hydroxyl groups is 1. The van der Waals surface area contributed by atoms with Crippen molar-refractivity contribution in [1.82, 2.24) is 0 Å². The molecule has 0 heterocycles. The molecule has 1 amide bonds. The number of hydrogen-bond donors (Lipinski definition) is 3. The average molecular weight is 264 g/mol. The summed E-state index contributed by atoms with van der Waals surface area (Å²) in [5.41, 5.74) is 7.76. The van der Waals surface area contributed by atoms with Gasteiger partial charge < -0.3 is 16.2 Å². The molecule has 0 spiro atoms. The van der Waals surface area contributed by atoms with Crippen molar-refractivity contribution in [2.75, 3.05) is 11.9 Å². The highest BCUT2D eigenvalue weighted by Crippen LogP contribution is 2.14. The Morgan fingerprint density at radius 1 is 1.47 bits per heavy atom. The molecule has 0 aliphatic rings. The zero-order chi connectivity index (χ0) is 14.3. The van der Waals surface area contributed by atoms with Crippen molar-refractivity contribution in [3.63, 3.8) is 0 Å². The molecule has 4 N–H and O–H groups in total. The fraction of sp³-hybridized carbons (Fsp3) is 0.533. The first-order valence-corrected chi connectivity index (χ1v) is 6.84. The van der Waals surface area contributed by atoms with Crippen LogP contribution in [0.3, 0.4) is 0 Å². The lowest BCUT2D eigenvalue weighted by atomic mass is 9.99. The van der Waals surface area contributed by atoms with Gasteiger partial charge in [0, 0.05) is 12.3 Å². The van der Waals surface area contributed by atoms with E-state index in [2.05, 4.69) is 5.32 Å². The smallest absolute Gasteiger partial charge is 0.241 e. The van der Waals surface area contributed by atoms with E-state index in [0.717, 1.165) is 30.5 Å². The lowest BCUT2D eigenvalue weighted by molar-refractivity contribution is -0.118. The molecule has 0 unspecified atom stereocenters. The predicted molar refractivity (Wildman–Crippen MR) is 77.9 cm³/mol. The van der Waals surface area contributed by atoms with Crippen LogP contribution in [0.25, 0.3) is 0 Å². The number of anilines is 1. The van der Waals surface area contributed by atoms with Crippen molar-refractivity contribution in [2.45, 2.75) is 39.2 Å². The first-order chi connectivity index (χ1) is 9.08. The molecule has 1 aromatic rings. The Balaban J connectivity index is 2.63. The van der Waals surface area contributed by atoms with Crippen LogP contribution < -0.4 is 11.1 Å². The summed E-state index contributed by atoms with van der Waals surface area (Å²) in [5, 5.41) is 11.7. The molecule has 4 heteroatoms. The molecule has 0 fully saturated rings. The molecule has 0 saturated heterocycles. The van der Waals surface area contributed by atoms with E-state index in [4.69, 9.17) is 10.8 Å². The van der Waals surface area contributed by atoms with Crippen molar-refractivity contribution in [3.8, 4) is 0 Å². The van der Waals surface area contributed by atoms with Gasteiger partial charge in [0.1, 0.15) is 0 Å². The average Bonchev–Trinajstić information content (AvgIpc) is 2.43. The molecular formula is C15H24N2O2. The minimum Gasteiger partial charge on any atom is -0.396 e. The Morgan fingerprint density at radius 2 is 2.21 bits per heavy atom. The van der Waals surface area contributed by atoms with E-state index < -0.39 is 6.04 Å². The summed E-state index contributed by atoms with van der Waals surface area (Å²) in [4.78, 5) is 12.0. The van der Waals surface area contributed by atoms with Crippen molar-refractivity contribution >= 4 is 11.6 Å². The van der Waals surface area contributed by atoms with Gasteiger partial charge in [0.05, 0.1) is 6.04 Å². The van der Waals surface area contributed by atoms with Crippen LogP contribution in [0.2, 0.25) is 0 Å². The normalized spacial score (nSPS) is 13.9. The number of aryl methyl sites for hydroxylation is 1. The molecule has 0 aliphatic carbocycles. The van der Waals surface area contributed by atoms with Crippen LogP contribution in [0.1, 0.15) is 32.3 Å². The van der Waals surface area contributed by atoms with Gasteiger partial charge in [-0.05, 0) is 36.5 Å². The number of hydrogen-bond acceptors (Lipinski definition) is 3. The van der Waals surface area contributed by atoms with E-state index >= 15 is 0 Å². The van der Waals surface area contributed by atoms with E-state index in [-0.39, 0.29) is 18.4 Å². The second-order valence-electron chi connectivity index (χ2n) is 4.93. The van der Waals surface area contributed by atoms with Crippen LogP contribution >= 0.6 is 0 Å². The maximum atomic E-state index is 12.0. The molecule has 0 aromatic heterocycles. The lowest BCUT2D eigenvalue weighted by Crippen LogP contribution is -2.40. The number of carbonyl (C=O) groups is 1. The summed E-state index contributed by atoms with van der Waals surface area (Å²) >= 11 is 0. The largest absolute Gasteiger partial charge is 0.396 e. The maximum Gasteiger partial charge on any atom is 0.241 e. The molecule has 1 rings (SSSR count). The predicted octanol–water partition coefficient (Wildman–Crippen LogP) is 1.92. The molecule has 106 valence electrons. The summed E-state index contributed by atoms with van der Waals surface area (Å²) in [6.45, 7) is 4.17. The monoisotopic (exact) mass is 264 g/mol. The van der Waals surface area contributed by atoms with Gasteiger partial charge in [-0.25, -0.2) is 0 Å². The summed E-state index contributed by atoms with van der Waals surface area (Å²) in [5.74, 6) is 0.0197. The third-order valence-electron chi connectivity index (χ3n) is 3.38.